The number of aromatic nitrogens is 6. The monoisotopic (exact) mass is 1050 g/mol. The Morgan fingerprint density at radius 3 is 0.475 bits per heavy atom. The van der Waals surface area contributed by atoms with Gasteiger partial charge in [-0.3, -0.25) is 0 Å². The van der Waals surface area contributed by atoms with Crippen LogP contribution in [0, 0.1) is 0 Å². The molecule has 9 aromatic carbocycles. The number of hydrogen-bond acceptors (Lipinski definition) is 12. The lowest BCUT2D eigenvalue weighted by Gasteiger charge is -2.42. The molecule has 12 heteroatoms. The van der Waals surface area contributed by atoms with Gasteiger partial charge in [-0.1, -0.05) is 0 Å². The third-order valence-corrected chi connectivity index (χ3v) is 15.7. The smallest absolute Gasteiger partial charge is 0.118 e. The summed E-state index contributed by atoms with van der Waals surface area (Å²) in [6.07, 6.45) is 0. The van der Waals surface area contributed by atoms with Crippen molar-refractivity contribution >= 4 is 33.1 Å². The average Bonchev–Trinajstić information content (AvgIpc) is 3.02. The largest absolute Gasteiger partial charge is 0.497 e. The Morgan fingerprint density at radius 2 is 0.350 bits per heavy atom. The molecule has 0 saturated carbocycles. The molecule has 0 saturated heterocycles. The summed E-state index contributed by atoms with van der Waals surface area (Å²) in [6, 6.07) is 61.4. The van der Waals surface area contributed by atoms with Crippen LogP contribution in [0.5, 0.6) is 34.5 Å². The van der Waals surface area contributed by atoms with Crippen LogP contribution in [0.3, 0.4) is 0 Å². The minimum absolute atomic E-state index is 0.245. The fourth-order valence-electron chi connectivity index (χ4n) is 11.6. The molecular formula is C68H50N6O6. The van der Waals surface area contributed by atoms with Crippen molar-refractivity contribution in [1.82, 2.24) is 29.9 Å². The maximum absolute atomic E-state index is 5.58. The summed E-state index contributed by atoms with van der Waals surface area (Å²) in [6.45, 7) is 0. The van der Waals surface area contributed by atoms with Crippen molar-refractivity contribution in [1.29, 1.82) is 0 Å². The summed E-state index contributed by atoms with van der Waals surface area (Å²) in [4.78, 5) is 33.1. The first-order chi connectivity index (χ1) is 39.3. The minimum Gasteiger partial charge on any atom is -0.497 e. The summed E-state index contributed by atoms with van der Waals surface area (Å²) < 4.78 is 33.5. The van der Waals surface area contributed by atoms with E-state index in [1.54, 1.807) is 42.7 Å². The lowest BCUT2D eigenvalue weighted by atomic mass is 9.61. The Kier molecular flexibility index (Phi) is 11.7. The van der Waals surface area contributed by atoms with Crippen LogP contribution in [-0.2, 0) is 0 Å². The second-order valence-electron chi connectivity index (χ2n) is 19.9. The standard InChI is InChI=1S/C68H50N6O6/c1-75-43-19-7-37(8-20-43)63-64(38-9-21-44(76-2)22-10-38)70-56-32-50-49(31-55(56)69-63)61-51-33-57-59(73-67(41-15-27-47(79-5)28-16-41)65(71-57)39-11-23-45(77-3)24-12-39)35-53(51)62(50)54-36-60-58(34-52(54)61)72-66(40-13-25-46(78-4)26-14-40)68(74-60)42-17-29-48(80-6)30-18-42/h7-36,61-62H,1-6H3. The van der Waals surface area contributed by atoms with E-state index >= 15 is 0 Å². The van der Waals surface area contributed by atoms with Crippen molar-refractivity contribution in [2.75, 3.05) is 42.7 Å². The van der Waals surface area contributed by atoms with E-state index in [2.05, 4.69) is 36.4 Å². The number of methoxy groups -OCH3 is 6. The summed E-state index contributed by atoms with van der Waals surface area (Å²) in [5.74, 6) is 4.05. The Balaban J connectivity index is 1.02. The second kappa shape index (κ2) is 19.4. The number of ether oxygens (including phenoxy) is 6. The molecular weight excluding hydrogens is 997 g/mol. The molecule has 3 aliphatic carbocycles. The van der Waals surface area contributed by atoms with E-state index in [-0.39, 0.29) is 11.8 Å². The number of benzene rings is 9. The Morgan fingerprint density at radius 1 is 0.212 bits per heavy atom. The first-order valence-electron chi connectivity index (χ1n) is 26.2. The summed E-state index contributed by atoms with van der Waals surface area (Å²) in [5, 5.41) is 0. The molecule has 12 aromatic rings. The van der Waals surface area contributed by atoms with Crippen molar-refractivity contribution in [2.45, 2.75) is 11.8 Å². The molecule has 0 spiro atoms. The third kappa shape index (κ3) is 8.06. The van der Waals surface area contributed by atoms with Gasteiger partial charge in [-0.2, -0.15) is 0 Å². The van der Waals surface area contributed by atoms with Crippen molar-refractivity contribution in [3.63, 3.8) is 0 Å². The van der Waals surface area contributed by atoms with E-state index in [9.17, 15) is 0 Å². The Hall–Kier alpha value is -10.2. The maximum Gasteiger partial charge on any atom is 0.118 e. The molecule has 388 valence electrons. The highest BCUT2D eigenvalue weighted by molar-refractivity contribution is 5.94. The molecule has 3 aromatic heterocycles. The Labute approximate surface area is 461 Å². The predicted molar refractivity (Wildman–Crippen MR) is 312 cm³/mol. The van der Waals surface area contributed by atoms with Gasteiger partial charge >= 0.3 is 0 Å². The molecule has 0 unspecified atom stereocenters. The van der Waals surface area contributed by atoms with Crippen LogP contribution in [0.1, 0.15) is 45.2 Å². The highest BCUT2D eigenvalue weighted by Gasteiger charge is 2.43. The van der Waals surface area contributed by atoms with Crippen LogP contribution in [-0.4, -0.2) is 72.6 Å². The predicted octanol–water partition coefficient (Wildman–Crippen LogP) is 14.6. The summed E-state index contributed by atoms with van der Waals surface area (Å²) >= 11 is 0. The zero-order chi connectivity index (χ0) is 54.2. The fourth-order valence-corrected chi connectivity index (χ4v) is 11.6. The number of hydrogen-bond donors (Lipinski definition) is 0. The van der Waals surface area contributed by atoms with Crippen LogP contribution < -0.4 is 28.4 Å². The quantitative estimate of drug-likeness (QED) is 0.115. The number of fused-ring (bicyclic) bond motifs is 3. The minimum atomic E-state index is -0.245. The Bertz CT molecular complexity index is 3670. The van der Waals surface area contributed by atoms with Crippen molar-refractivity contribution in [2.24, 2.45) is 0 Å². The van der Waals surface area contributed by atoms with Crippen molar-refractivity contribution in [3.05, 3.63) is 215 Å². The molecule has 0 radical (unpaired) electrons. The van der Waals surface area contributed by atoms with E-state index in [1.165, 1.54) is 0 Å². The van der Waals surface area contributed by atoms with Gasteiger partial charge in [0.1, 0.15) is 34.5 Å². The molecule has 3 aliphatic rings. The van der Waals surface area contributed by atoms with E-state index in [0.717, 1.165) is 169 Å². The van der Waals surface area contributed by atoms with Gasteiger partial charge in [0, 0.05) is 45.2 Å². The van der Waals surface area contributed by atoms with Gasteiger partial charge in [0.05, 0.1) is 110 Å². The third-order valence-electron chi connectivity index (χ3n) is 15.7. The fraction of sp³-hybridized carbons (Fsp3) is 0.118. The number of nitrogens with zero attached hydrogens (tertiary/aromatic N) is 6. The molecule has 0 N–H and O–H groups in total. The van der Waals surface area contributed by atoms with Gasteiger partial charge in [0.25, 0.3) is 0 Å². The molecule has 3 heterocycles. The molecule has 2 bridgehead atoms. The van der Waals surface area contributed by atoms with E-state index in [0.29, 0.717) is 0 Å². The zero-order valence-electron chi connectivity index (χ0n) is 44.6. The van der Waals surface area contributed by atoms with Crippen LogP contribution in [0.25, 0.3) is 101 Å². The van der Waals surface area contributed by atoms with Gasteiger partial charge in [0.2, 0.25) is 0 Å². The van der Waals surface area contributed by atoms with Crippen LogP contribution in [0.15, 0.2) is 182 Å². The van der Waals surface area contributed by atoms with E-state index in [4.69, 9.17) is 58.3 Å². The molecule has 0 amide bonds. The van der Waals surface area contributed by atoms with E-state index < -0.39 is 0 Å². The average molecular weight is 1050 g/mol. The molecule has 12 nitrogen and oxygen atoms in total. The van der Waals surface area contributed by atoms with Gasteiger partial charge < -0.3 is 28.4 Å². The number of rotatable bonds is 12. The normalized spacial score (nSPS) is 13.9. The molecule has 15 rings (SSSR count). The maximum atomic E-state index is 5.58. The molecule has 0 fully saturated rings. The van der Waals surface area contributed by atoms with Gasteiger partial charge in [-0.15, -0.1) is 0 Å². The van der Waals surface area contributed by atoms with E-state index in [1.807, 2.05) is 146 Å². The summed E-state index contributed by atoms with van der Waals surface area (Å²) in [5.41, 5.74) is 21.6. The van der Waals surface area contributed by atoms with Crippen molar-refractivity contribution in [3.8, 4) is 102 Å². The van der Waals surface area contributed by atoms with Gasteiger partial charge in [-0.05, 0) is 215 Å². The molecule has 0 atom stereocenters. The van der Waals surface area contributed by atoms with Crippen LogP contribution >= 0.6 is 0 Å². The SMILES string of the molecule is COc1ccc(-c2nc3cc4c(cc3nc2-c2ccc(OC)cc2)C2c3cc5nc(-c6ccc(OC)cc6)c(-c6ccc(OC)cc6)nc5cc3C4c3cc4nc(-c5ccc(OC)cc5)c(-c5ccc(OC)cc5)nc4cc32)cc1. The molecule has 80 heavy (non-hydrogen) atoms. The first kappa shape index (κ1) is 48.2. The lowest BCUT2D eigenvalue weighted by molar-refractivity contribution is 0.414. The van der Waals surface area contributed by atoms with Gasteiger partial charge in [0.15, 0.2) is 0 Å². The first-order valence-corrected chi connectivity index (χ1v) is 26.2. The summed E-state index contributed by atoms with van der Waals surface area (Å²) in [7, 11) is 10.0. The molecule has 0 aliphatic heterocycles. The zero-order valence-corrected chi connectivity index (χ0v) is 44.6. The van der Waals surface area contributed by atoms with Crippen LogP contribution in [0.4, 0.5) is 0 Å². The van der Waals surface area contributed by atoms with Crippen molar-refractivity contribution < 1.29 is 28.4 Å². The lowest BCUT2D eigenvalue weighted by Crippen LogP contribution is -2.28. The van der Waals surface area contributed by atoms with Crippen LogP contribution in [0.2, 0.25) is 0 Å². The van der Waals surface area contributed by atoms with Gasteiger partial charge in [-0.25, -0.2) is 29.9 Å². The highest BCUT2D eigenvalue weighted by atomic mass is 16.5. The highest BCUT2D eigenvalue weighted by Crippen LogP contribution is 2.58. The second-order valence-corrected chi connectivity index (χ2v) is 19.9. The topological polar surface area (TPSA) is 133 Å².